The molecule has 0 saturated carbocycles. The molecule has 20 heavy (non-hydrogen) atoms. The van der Waals surface area contributed by atoms with E-state index in [1.807, 2.05) is 19.9 Å². The van der Waals surface area contributed by atoms with E-state index in [0.29, 0.717) is 5.56 Å². The molecule has 2 amide bonds. The fourth-order valence-corrected chi connectivity index (χ4v) is 1.72. The van der Waals surface area contributed by atoms with Crippen molar-refractivity contribution in [2.45, 2.75) is 26.8 Å². The zero-order valence-corrected chi connectivity index (χ0v) is 11.7. The second-order valence-corrected chi connectivity index (χ2v) is 4.69. The Hall–Kier alpha value is -2.37. The molecule has 1 rings (SSSR count). The summed E-state index contributed by atoms with van der Waals surface area (Å²) in [5, 5.41) is 13.4. The van der Waals surface area contributed by atoms with Crippen molar-refractivity contribution < 1.29 is 19.5 Å². The number of carboxylic acids is 1. The third-order valence-electron chi connectivity index (χ3n) is 2.64. The predicted molar refractivity (Wildman–Crippen MR) is 73.5 cm³/mol. The lowest BCUT2D eigenvalue weighted by molar-refractivity contribution is -0.141. The standard InChI is InChI=1S/C14H18N2O4/c1-8-4-9(2)6-11(5-8)13(18)15-7-12(17)16-10(3)14(19)20/h4-6,10H,7H2,1-3H3,(H,15,18)(H,16,17)(H,19,20)/t10-/m0/s1. The number of carboxylic acid groups (broad SMARTS) is 1. The van der Waals surface area contributed by atoms with Crippen molar-refractivity contribution in [2.75, 3.05) is 6.54 Å². The second-order valence-electron chi connectivity index (χ2n) is 4.69. The number of nitrogens with one attached hydrogen (secondary N) is 2. The molecule has 108 valence electrons. The van der Waals surface area contributed by atoms with Gasteiger partial charge in [0.1, 0.15) is 6.04 Å². The molecular formula is C14H18N2O4. The van der Waals surface area contributed by atoms with E-state index < -0.39 is 17.9 Å². The van der Waals surface area contributed by atoms with Crippen LogP contribution in [0.25, 0.3) is 0 Å². The third-order valence-corrected chi connectivity index (χ3v) is 2.64. The van der Waals surface area contributed by atoms with Gasteiger partial charge in [-0.3, -0.25) is 14.4 Å². The van der Waals surface area contributed by atoms with Crippen molar-refractivity contribution in [1.29, 1.82) is 0 Å². The van der Waals surface area contributed by atoms with Crippen molar-refractivity contribution >= 4 is 17.8 Å². The minimum atomic E-state index is -1.13. The molecule has 0 aliphatic rings. The molecule has 0 heterocycles. The first-order chi connectivity index (χ1) is 9.29. The van der Waals surface area contributed by atoms with Gasteiger partial charge in [-0.25, -0.2) is 0 Å². The number of carbonyl (C=O) groups excluding carboxylic acids is 2. The van der Waals surface area contributed by atoms with E-state index in [1.54, 1.807) is 12.1 Å². The summed E-state index contributed by atoms with van der Waals surface area (Å²) in [4.78, 5) is 33.9. The predicted octanol–water partition coefficient (Wildman–Crippen LogP) is 0.623. The molecule has 0 aromatic heterocycles. The third kappa shape index (κ3) is 4.72. The van der Waals surface area contributed by atoms with Gasteiger partial charge in [-0.15, -0.1) is 0 Å². The van der Waals surface area contributed by atoms with E-state index in [9.17, 15) is 14.4 Å². The summed E-state index contributed by atoms with van der Waals surface area (Å²) < 4.78 is 0. The summed E-state index contributed by atoms with van der Waals surface area (Å²) in [6, 6.07) is 4.40. The molecule has 6 heteroatoms. The van der Waals surface area contributed by atoms with Crippen LogP contribution in [-0.4, -0.2) is 35.5 Å². The van der Waals surface area contributed by atoms with Crippen molar-refractivity contribution in [3.63, 3.8) is 0 Å². The van der Waals surface area contributed by atoms with E-state index in [0.717, 1.165) is 11.1 Å². The number of benzene rings is 1. The lowest BCUT2D eigenvalue weighted by Crippen LogP contribution is -2.44. The van der Waals surface area contributed by atoms with Gasteiger partial charge in [-0.2, -0.15) is 0 Å². The van der Waals surface area contributed by atoms with Crippen molar-refractivity contribution in [1.82, 2.24) is 10.6 Å². The van der Waals surface area contributed by atoms with Crippen LogP contribution in [0.2, 0.25) is 0 Å². The summed E-state index contributed by atoms with van der Waals surface area (Å²) in [5.74, 6) is -2.04. The largest absolute Gasteiger partial charge is 0.480 e. The van der Waals surface area contributed by atoms with E-state index >= 15 is 0 Å². The van der Waals surface area contributed by atoms with E-state index in [1.165, 1.54) is 6.92 Å². The summed E-state index contributed by atoms with van der Waals surface area (Å²) >= 11 is 0. The fraction of sp³-hybridized carbons (Fsp3) is 0.357. The normalized spacial score (nSPS) is 11.6. The second kappa shape index (κ2) is 6.70. The van der Waals surface area contributed by atoms with Crippen LogP contribution in [0, 0.1) is 13.8 Å². The first kappa shape index (κ1) is 15.7. The maximum atomic E-state index is 11.9. The maximum absolute atomic E-state index is 11.9. The number of rotatable bonds is 5. The van der Waals surface area contributed by atoms with Crippen LogP contribution in [0.3, 0.4) is 0 Å². The Morgan fingerprint density at radius 1 is 1.15 bits per heavy atom. The van der Waals surface area contributed by atoms with Gasteiger partial charge in [-0.05, 0) is 32.9 Å². The van der Waals surface area contributed by atoms with Gasteiger partial charge in [0.05, 0.1) is 6.54 Å². The first-order valence-corrected chi connectivity index (χ1v) is 6.18. The van der Waals surface area contributed by atoms with Gasteiger partial charge in [0.15, 0.2) is 0 Å². The van der Waals surface area contributed by atoms with Crippen LogP contribution in [-0.2, 0) is 9.59 Å². The quantitative estimate of drug-likeness (QED) is 0.736. The number of hydrogen-bond donors (Lipinski definition) is 3. The van der Waals surface area contributed by atoms with E-state index in [2.05, 4.69) is 10.6 Å². The topological polar surface area (TPSA) is 95.5 Å². The van der Waals surface area contributed by atoms with Crippen LogP contribution in [0.4, 0.5) is 0 Å². The molecule has 0 bridgehead atoms. The SMILES string of the molecule is Cc1cc(C)cc(C(=O)NCC(=O)N[C@@H](C)C(=O)O)c1. The smallest absolute Gasteiger partial charge is 0.325 e. The van der Waals surface area contributed by atoms with Crippen LogP contribution in [0.5, 0.6) is 0 Å². The Kier molecular flexibility index (Phi) is 5.25. The summed E-state index contributed by atoms with van der Waals surface area (Å²) in [7, 11) is 0. The zero-order valence-electron chi connectivity index (χ0n) is 11.7. The molecule has 0 spiro atoms. The average Bonchev–Trinajstić information content (AvgIpc) is 2.34. The minimum absolute atomic E-state index is 0.260. The summed E-state index contributed by atoms with van der Waals surface area (Å²) in [6.45, 7) is 4.85. The number of hydrogen-bond acceptors (Lipinski definition) is 3. The van der Waals surface area contributed by atoms with Crippen LogP contribution < -0.4 is 10.6 Å². The summed E-state index contributed by atoms with van der Waals surface area (Å²) in [6.07, 6.45) is 0. The molecular weight excluding hydrogens is 260 g/mol. The van der Waals surface area contributed by atoms with Crippen molar-refractivity contribution in [3.05, 3.63) is 34.9 Å². The lowest BCUT2D eigenvalue weighted by atomic mass is 10.1. The highest BCUT2D eigenvalue weighted by atomic mass is 16.4. The Balaban J connectivity index is 2.55. The molecule has 0 unspecified atom stereocenters. The van der Waals surface area contributed by atoms with Crippen LogP contribution in [0.1, 0.15) is 28.4 Å². The van der Waals surface area contributed by atoms with E-state index in [4.69, 9.17) is 5.11 Å². The molecule has 6 nitrogen and oxygen atoms in total. The van der Waals surface area contributed by atoms with E-state index in [-0.39, 0.29) is 12.5 Å². The lowest BCUT2D eigenvalue weighted by Gasteiger charge is -2.10. The monoisotopic (exact) mass is 278 g/mol. The van der Waals surface area contributed by atoms with Crippen molar-refractivity contribution in [3.8, 4) is 0 Å². The molecule has 0 radical (unpaired) electrons. The molecule has 0 fully saturated rings. The van der Waals surface area contributed by atoms with Crippen LogP contribution >= 0.6 is 0 Å². The van der Waals surface area contributed by atoms with Gasteiger partial charge in [0.2, 0.25) is 5.91 Å². The Labute approximate surface area is 117 Å². The van der Waals surface area contributed by atoms with Gasteiger partial charge in [0.25, 0.3) is 5.91 Å². The van der Waals surface area contributed by atoms with Gasteiger partial charge in [-0.1, -0.05) is 17.2 Å². The highest BCUT2D eigenvalue weighted by Crippen LogP contribution is 2.08. The highest BCUT2D eigenvalue weighted by Gasteiger charge is 2.14. The molecule has 0 saturated heterocycles. The van der Waals surface area contributed by atoms with Crippen molar-refractivity contribution in [2.24, 2.45) is 0 Å². The highest BCUT2D eigenvalue weighted by molar-refractivity contribution is 5.97. The number of amides is 2. The molecule has 0 aliphatic heterocycles. The molecule has 0 aliphatic carbocycles. The summed E-state index contributed by atoms with van der Waals surface area (Å²) in [5.41, 5.74) is 2.39. The molecule has 3 N–H and O–H groups in total. The number of aliphatic carboxylic acids is 1. The maximum Gasteiger partial charge on any atom is 0.325 e. The van der Waals surface area contributed by atoms with Gasteiger partial charge >= 0.3 is 5.97 Å². The minimum Gasteiger partial charge on any atom is -0.480 e. The number of aryl methyl sites for hydroxylation is 2. The van der Waals surface area contributed by atoms with Gasteiger partial charge < -0.3 is 15.7 Å². The Morgan fingerprint density at radius 2 is 1.70 bits per heavy atom. The Bertz CT molecular complexity index is 520. The van der Waals surface area contributed by atoms with Gasteiger partial charge in [0, 0.05) is 5.56 Å². The zero-order chi connectivity index (χ0) is 15.3. The average molecular weight is 278 g/mol. The molecule has 1 aromatic carbocycles. The number of carbonyl (C=O) groups is 3. The molecule has 1 atom stereocenters. The fourth-order valence-electron chi connectivity index (χ4n) is 1.72. The first-order valence-electron chi connectivity index (χ1n) is 6.18. The Morgan fingerprint density at radius 3 is 2.20 bits per heavy atom. The van der Waals surface area contributed by atoms with Crippen LogP contribution in [0.15, 0.2) is 18.2 Å². The molecule has 1 aromatic rings.